The Hall–Kier alpha value is -3.92. The summed E-state index contributed by atoms with van der Waals surface area (Å²) in [5.74, 6) is 0. The highest BCUT2D eigenvalue weighted by Crippen LogP contribution is 2.51. The van der Waals surface area contributed by atoms with Crippen LogP contribution in [0.5, 0.6) is 0 Å². The van der Waals surface area contributed by atoms with E-state index in [1.165, 1.54) is 158 Å². The predicted molar refractivity (Wildman–Crippen MR) is 333 cm³/mol. The number of thiophene rings is 6. The molecule has 0 bridgehead atoms. The van der Waals surface area contributed by atoms with Crippen LogP contribution in [0, 0.1) is 0 Å². The number of aromatic nitrogens is 2. The smallest absolute Gasteiger partial charge is 0.0971 e. The SMILES string of the molecule is COCCCCCCc1ccc(-c2cc(-c3ccnc4c3ccc3c(-c5cc(-c6ccc(CCCCCCOC)s6)c(-c6ccc(CCCCCCOC)s6)s5)ccnc34)sc2-c2ccc(CCCCCCOC)s2)s1. The zero-order chi connectivity index (χ0) is 52.3. The minimum absolute atomic E-state index is 0.852. The van der Waals surface area contributed by atoms with E-state index in [0.29, 0.717) is 0 Å². The minimum atomic E-state index is 0.852. The van der Waals surface area contributed by atoms with Gasteiger partial charge in [-0.05, 0) is 150 Å². The van der Waals surface area contributed by atoms with Gasteiger partial charge >= 0.3 is 0 Å². The van der Waals surface area contributed by atoms with E-state index in [1.54, 1.807) is 28.4 Å². The maximum Gasteiger partial charge on any atom is 0.0971 e. The Kier molecular flexibility index (Phi) is 22.3. The van der Waals surface area contributed by atoms with Crippen molar-refractivity contribution in [2.75, 3.05) is 54.9 Å². The summed E-state index contributed by atoms with van der Waals surface area (Å²) in [5.41, 5.74) is 7.01. The predicted octanol–water partition coefficient (Wildman–Crippen LogP) is 20.2. The fourth-order valence-electron chi connectivity index (χ4n) is 10.2. The maximum atomic E-state index is 5.30. The van der Waals surface area contributed by atoms with E-state index in [0.717, 1.165) is 99.6 Å². The van der Waals surface area contributed by atoms with Crippen molar-refractivity contribution in [1.82, 2.24) is 9.97 Å². The third-order valence-electron chi connectivity index (χ3n) is 14.3. The van der Waals surface area contributed by atoms with Gasteiger partial charge in [-0.3, -0.25) is 9.97 Å². The Morgan fingerprint density at radius 1 is 0.303 bits per heavy atom. The number of pyridine rings is 2. The van der Waals surface area contributed by atoms with Crippen molar-refractivity contribution in [1.29, 1.82) is 0 Å². The largest absolute Gasteiger partial charge is 0.385 e. The Morgan fingerprint density at radius 2 is 0.618 bits per heavy atom. The molecule has 6 nitrogen and oxygen atoms in total. The lowest BCUT2D eigenvalue weighted by atomic mass is 10.0. The van der Waals surface area contributed by atoms with Crippen molar-refractivity contribution < 1.29 is 18.9 Å². The molecule has 1 aromatic carbocycles. The van der Waals surface area contributed by atoms with Gasteiger partial charge in [0.2, 0.25) is 0 Å². The van der Waals surface area contributed by atoms with Crippen molar-refractivity contribution in [2.45, 2.75) is 128 Å². The normalized spacial score (nSPS) is 11.8. The molecular formula is C64H76N2O4S6. The van der Waals surface area contributed by atoms with Gasteiger partial charge in [-0.25, -0.2) is 0 Å². The van der Waals surface area contributed by atoms with Gasteiger partial charge in [0.05, 0.1) is 20.8 Å². The first-order chi connectivity index (χ1) is 37.5. The number of hydrogen-bond donors (Lipinski definition) is 0. The Morgan fingerprint density at radius 3 is 0.961 bits per heavy atom. The zero-order valence-corrected chi connectivity index (χ0v) is 50.1. The summed E-state index contributed by atoms with van der Waals surface area (Å²) in [4.78, 5) is 26.8. The third kappa shape index (κ3) is 15.0. The second-order valence-electron chi connectivity index (χ2n) is 20.0. The van der Waals surface area contributed by atoms with E-state index < -0.39 is 0 Å². The number of fused-ring (bicyclic) bond motifs is 3. The first-order valence-electron chi connectivity index (χ1n) is 27.8. The lowest BCUT2D eigenvalue weighted by Gasteiger charge is -2.09. The first kappa shape index (κ1) is 56.8. The monoisotopic (exact) mass is 1130 g/mol. The van der Waals surface area contributed by atoms with Crippen molar-refractivity contribution >= 4 is 89.8 Å². The van der Waals surface area contributed by atoms with Gasteiger partial charge in [0.1, 0.15) is 0 Å². The quantitative estimate of drug-likeness (QED) is 0.0296. The molecule has 0 radical (unpaired) electrons. The summed E-state index contributed by atoms with van der Waals surface area (Å²) in [5, 5.41) is 2.28. The van der Waals surface area contributed by atoms with Gasteiger partial charge < -0.3 is 18.9 Å². The van der Waals surface area contributed by atoms with E-state index in [4.69, 9.17) is 28.9 Å². The molecule has 0 aliphatic rings. The second kappa shape index (κ2) is 29.9. The summed E-state index contributed by atoms with van der Waals surface area (Å²) in [6, 6.07) is 33.0. The van der Waals surface area contributed by atoms with Crippen LogP contribution in [0.1, 0.15) is 122 Å². The van der Waals surface area contributed by atoms with Crippen LogP contribution in [-0.2, 0) is 44.6 Å². The Labute approximate surface area is 476 Å². The Balaban J connectivity index is 1.03. The fourth-order valence-corrected chi connectivity index (χ4v) is 17.3. The number of ether oxygens (including phenoxy) is 4. The van der Waals surface area contributed by atoms with Crippen LogP contribution >= 0.6 is 68.0 Å². The minimum Gasteiger partial charge on any atom is -0.385 e. The third-order valence-corrected chi connectivity index (χ3v) is 21.7. The van der Waals surface area contributed by atoms with Crippen molar-refractivity contribution in [2.24, 2.45) is 0 Å². The summed E-state index contributed by atoms with van der Waals surface area (Å²) in [6.07, 6.45) is 27.8. The summed E-state index contributed by atoms with van der Waals surface area (Å²) >= 11 is 11.7. The molecule has 0 aliphatic carbocycles. The number of methoxy groups -OCH3 is 4. The molecule has 0 spiro atoms. The number of aryl methyl sites for hydroxylation is 4. The van der Waals surface area contributed by atoms with Crippen molar-refractivity contribution in [3.8, 4) is 61.3 Å². The lowest BCUT2D eigenvalue weighted by Crippen LogP contribution is -1.89. The molecule has 8 aromatic heterocycles. The van der Waals surface area contributed by atoms with Crippen molar-refractivity contribution in [3.05, 3.63) is 117 Å². The maximum absolute atomic E-state index is 5.30. The molecule has 0 aliphatic heterocycles. The van der Waals surface area contributed by atoms with E-state index in [1.807, 2.05) is 80.4 Å². The Bertz CT molecular complexity index is 2820. The van der Waals surface area contributed by atoms with Gasteiger partial charge in [0.25, 0.3) is 0 Å². The van der Waals surface area contributed by atoms with E-state index in [2.05, 4.69) is 84.9 Å². The number of nitrogens with zero attached hydrogens (tertiary/aromatic N) is 2. The van der Waals surface area contributed by atoms with E-state index >= 15 is 0 Å². The molecule has 12 heteroatoms. The number of hydrogen-bond acceptors (Lipinski definition) is 12. The van der Waals surface area contributed by atoms with Crippen LogP contribution in [0.25, 0.3) is 83.1 Å². The van der Waals surface area contributed by atoms with Crippen LogP contribution in [0.4, 0.5) is 0 Å². The molecule has 0 N–H and O–H groups in total. The molecule has 0 saturated heterocycles. The number of benzene rings is 1. The van der Waals surface area contributed by atoms with Gasteiger partial charge in [-0.2, -0.15) is 0 Å². The van der Waals surface area contributed by atoms with Crippen LogP contribution in [-0.4, -0.2) is 64.8 Å². The molecule has 0 fully saturated rings. The fraction of sp³-hybridized carbons (Fsp3) is 0.438. The molecule has 0 atom stereocenters. The molecule has 8 heterocycles. The highest BCUT2D eigenvalue weighted by Gasteiger charge is 2.22. The van der Waals surface area contributed by atoms with Gasteiger partial charge in [0.15, 0.2) is 0 Å². The molecule has 0 saturated carbocycles. The summed E-state index contributed by atoms with van der Waals surface area (Å²) in [6.45, 7) is 3.41. The molecule has 0 amide bonds. The number of rotatable bonds is 34. The van der Waals surface area contributed by atoms with Crippen LogP contribution in [0.15, 0.2) is 97.3 Å². The topological polar surface area (TPSA) is 62.7 Å². The van der Waals surface area contributed by atoms with Crippen LogP contribution < -0.4 is 0 Å². The van der Waals surface area contributed by atoms with Crippen LogP contribution in [0.3, 0.4) is 0 Å². The highest BCUT2D eigenvalue weighted by molar-refractivity contribution is 7.26. The summed E-state index contributed by atoms with van der Waals surface area (Å²) in [7, 11) is 7.19. The molecule has 402 valence electrons. The average Bonchev–Trinajstić information content (AvgIpc) is 4.33. The standard InChI is InChI=1S/C64H76N2O4S6/c1-67-39-17-9-5-13-21-45-25-31-55(71-45)53-43-59(75-63(53)57-33-27-47(73-57)23-15-7-11-19-41-69-3)49-35-37-65-61-51(49)29-30-52-50(36-38-66-62(52)61)60-44-54(56-32-26-46(72-56)22-14-6-10-18-40-68-2)64(76-60)58-34-28-48(74-58)24-16-8-12-20-42-70-4/h25-38,43-44H,5-24,39-42H2,1-4H3. The second-order valence-corrected chi connectivity index (χ2v) is 26.8. The van der Waals surface area contributed by atoms with Gasteiger partial charge in [-0.15, -0.1) is 68.0 Å². The highest BCUT2D eigenvalue weighted by atomic mass is 32.1. The van der Waals surface area contributed by atoms with Gasteiger partial charge in [0, 0.05) is 149 Å². The molecule has 0 unspecified atom stereocenters. The molecule has 9 aromatic rings. The molecule has 76 heavy (non-hydrogen) atoms. The zero-order valence-electron chi connectivity index (χ0n) is 45.2. The summed E-state index contributed by atoms with van der Waals surface area (Å²) < 4.78 is 21.2. The van der Waals surface area contributed by atoms with E-state index in [-0.39, 0.29) is 0 Å². The van der Waals surface area contributed by atoms with Crippen LogP contribution in [0.2, 0.25) is 0 Å². The first-order valence-corrected chi connectivity index (χ1v) is 32.7. The lowest BCUT2D eigenvalue weighted by molar-refractivity contribution is 0.192. The number of unbranched alkanes of at least 4 members (excludes halogenated alkanes) is 12. The average molecular weight is 1130 g/mol. The van der Waals surface area contributed by atoms with E-state index in [9.17, 15) is 0 Å². The van der Waals surface area contributed by atoms with Crippen molar-refractivity contribution in [3.63, 3.8) is 0 Å². The molecule has 9 rings (SSSR count). The molecular weight excluding hydrogens is 1050 g/mol. The van der Waals surface area contributed by atoms with Gasteiger partial charge in [-0.1, -0.05) is 63.5 Å².